The van der Waals surface area contributed by atoms with Gasteiger partial charge >= 0.3 is 0 Å². The van der Waals surface area contributed by atoms with Crippen molar-refractivity contribution >= 4 is 36.7 Å². The first-order valence-electron chi connectivity index (χ1n) is 9.16. The second kappa shape index (κ2) is 7.35. The summed E-state index contributed by atoms with van der Waals surface area (Å²) in [5.74, 6) is 0.767. The SMILES string of the molecule is COc1ccc(C)c2sc(N3CCN(S(=O)(=O)c4ccc(C)cc4)CC3)nc12. The molecule has 0 aliphatic carbocycles. The van der Waals surface area contributed by atoms with Crippen LogP contribution in [0.5, 0.6) is 5.75 Å². The summed E-state index contributed by atoms with van der Waals surface area (Å²) in [4.78, 5) is 7.29. The van der Waals surface area contributed by atoms with E-state index in [1.165, 1.54) is 5.56 Å². The van der Waals surface area contributed by atoms with Crippen LogP contribution in [-0.4, -0.2) is 51.0 Å². The van der Waals surface area contributed by atoms with E-state index in [-0.39, 0.29) is 0 Å². The molecule has 0 atom stereocenters. The number of benzene rings is 2. The van der Waals surface area contributed by atoms with Gasteiger partial charge in [0.1, 0.15) is 11.3 Å². The van der Waals surface area contributed by atoms with Crippen molar-refractivity contribution in [2.24, 2.45) is 0 Å². The highest BCUT2D eigenvalue weighted by atomic mass is 32.2. The summed E-state index contributed by atoms with van der Waals surface area (Å²) < 4.78 is 33.9. The lowest BCUT2D eigenvalue weighted by atomic mass is 10.2. The third kappa shape index (κ3) is 3.36. The molecular formula is C20H23N3O3S2. The van der Waals surface area contributed by atoms with Crippen LogP contribution < -0.4 is 9.64 Å². The number of nitrogens with zero attached hydrogens (tertiary/aromatic N) is 3. The molecule has 6 nitrogen and oxygen atoms in total. The molecular weight excluding hydrogens is 394 g/mol. The van der Waals surface area contributed by atoms with E-state index in [0.717, 1.165) is 26.7 Å². The number of thiazole rings is 1. The predicted octanol–water partition coefficient (Wildman–Crippen LogP) is 3.43. The minimum Gasteiger partial charge on any atom is -0.494 e. The Morgan fingerprint density at radius 2 is 1.68 bits per heavy atom. The summed E-state index contributed by atoms with van der Waals surface area (Å²) in [5, 5.41) is 0.912. The normalized spacial score (nSPS) is 15.9. The van der Waals surface area contributed by atoms with E-state index in [1.807, 2.05) is 31.2 Å². The summed E-state index contributed by atoms with van der Waals surface area (Å²) in [5.41, 5.74) is 3.09. The van der Waals surface area contributed by atoms with E-state index >= 15 is 0 Å². The Morgan fingerprint density at radius 1 is 1.00 bits per heavy atom. The average molecular weight is 418 g/mol. The molecule has 3 aromatic rings. The van der Waals surface area contributed by atoms with Crippen LogP contribution in [0.3, 0.4) is 0 Å². The first kappa shape index (κ1) is 19.2. The molecule has 0 bridgehead atoms. The average Bonchev–Trinajstić information content (AvgIpc) is 3.15. The van der Waals surface area contributed by atoms with Gasteiger partial charge in [-0.1, -0.05) is 35.1 Å². The van der Waals surface area contributed by atoms with Crippen LogP contribution in [0, 0.1) is 13.8 Å². The number of piperazine rings is 1. The second-order valence-corrected chi connectivity index (χ2v) is 9.88. The molecule has 0 spiro atoms. The van der Waals surface area contributed by atoms with Crippen molar-refractivity contribution < 1.29 is 13.2 Å². The van der Waals surface area contributed by atoms with Gasteiger partial charge in [0.15, 0.2) is 5.13 Å². The van der Waals surface area contributed by atoms with Crippen LogP contribution in [0.1, 0.15) is 11.1 Å². The minimum absolute atomic E-state index is 0.354. The van der Waals surface area contributed by atoms with Crippen LogP contribution in [0.4, 0.5) is 5.13 Å². The number of aryl methyl sites for hydroxylation is 2. The first-order chi connectivity index (χ1) is 13.4. The number of anilines is 1. The van der Waals surface area contributed by atoms with Gasteiger partial charge in [-0.3, -0.25) is 0 Å². The van der Waals surface area contributed by atoms with Crippen molar-refractivity contribution in [3.63, 3.8) is 0 Å². The highest BCUT2D eigenvalue weighted by Gasteiger charge is 2.29. The topological polar surface area (TPSA) is 62.7 Å². The second-order valence-electron chi connectivity index (χ2n) is 6.96. The summed E-state index contributed by atoms with van der Waals surface area (Å²) in [7, 11) is -1.81. The van der Waals surface area contributed by atoms with E-state index in [4.69, 9.17) is 9.72 Å². The summed E-state index contributed by atoms with van der Waals surface area (Å²) in [6.45, 7) is 6.14. The Morgan fingerprint density at radius 3 is 2.32 bits per heavy atom. The lowest BCUT2D eigenvalue weighted by Gasteiger charge is -2.33. The Kier molecular flexibility index (Phi) is 5.03. The quantitative estimate of drug-likeness (QED) is 0.651. The fraction of sp³-hybridized carbons (Fsp3) is 0.350. The molecule has 8 heteroatoms. The molecule has 1 aromatic heterocycles. The van der Waals surface area contributed by atoms with Crippen LogP contribution in [0.15, 0.2) is 41.3 Å². The van der Waals surface area contributed by atoms with Gasteiger partial charge in [-0.15, -0.1) is 0 Å². The molecule has 0 amide bonds. The van der Waals surface area contributed by atoms with E-state index in [1.54, 1.807) is 34.9 Å². The van der Waals surface area contributed by atoms with E-state index < -0.39 is 10.0 Å². The number of fused-ring (bicyclic) bond motifs is 1. The van der Waals surface area contributed by atoms with Crippen molar-refractivity contribution in [3.05, 3.63) is 47.5 Å². The highest BCUT2D eigenvalue weighted by molar-refractivity contribution is 7.89. The van der Waals surface area contributed by atoms with Crippen LogP contribution >= 0.6 is 11.3 Å². The Bertz CT molecular complexity index is 1100. The van der Waals surface area contributed by atoms with E-state index in [9.17, 15) is 8.42 Å². The standard InChI is InChI=1S/C20H23N3O3S2/c1-14-4-7-16(8-5-14)28(24,25)23-12-10-22(11-13-23)20-21-18-17(26-3)9-6-15(2)19(18)27-20/h4-9H,10-13H2,1-3H3. The zero-order valence-electron chi connectivity index (χ0n) is 16.2. The van der Waals surface area contributed by atoms with Crippen LogP contribution in [0.2, 0.25) is 0 Å². The maximum Gasteiger partial charge on any atom is 0.243 e. The van der Waals surface area contributed by atoms with Crippen LogP contribution in [-0.2, 0) is 10.0 Å². The van der Waals surface area contributed by atoms with E-state index in [2.05, 4.69) is 11.8 Å². The van der Waals surface area contributed by atoms with E-state index in [0.29, 0.717) is 31.1 Å². The molecule has 2 heterocycles. The molecule has 0 N–H and O–H groups in total. The molecule has 0 saturated carbocycles. The fourth-order valence-corrected chi connectivity index (χ4v) is 5.90. The van der Waals surface area contributed by atoms with Crippen molar-refractivity contribution in [2.75, 3.05) is 38.2 Å². The van der Waals surface area contributed by atoms with Crippen molar-refractivity contribution in [1.82, 2.24) is 9.29 Å². The molecule has 1 aliphatic heterocycles. The van der Waals surface area contributed by atoms with Crippen molar-refractivity contribution in [2.45, 2.75) is 18.7 Å². The number of hydrogen-bond acceptors (Lipinski definition) is 6. The molecule has 4 rings (SSSR count). The van der Waals surface area contributed by atoms with Gasteiger partial charge in [0.25, 0.3) is 0 Å². The first-order valence-corrected chi connectivity index (χ1v) is 11.4. The van der Waals surface area contributed by atoms with Crippen molar-refractivity contribution in [1.29, 1.82) is 0 Å². The van der Waals surface area contributed by atoms with Gasteiger partial charge in [-0.05, 0) is 37.6 Å². The monoisotopic (exact) mass is 417 g/mol. The number of ether oxygens (including phenoxy) is 1. The van der Waals surface area contributed by atoms with Gasteiger partial charge in [0.05, 0.1) is 16.7 Å². The van der Waals surface area contributed by atoms with Gasteiger partial charge in [-0.25, -0.2) is 13.4 Å². The number of aromatic nitrogens is 1. The molecule has 0 radical (unpaired) electrons. The molecule has 148 valence electrons. The Labute approximate surface area is 169 Å². The van der Waals surface area contributed by atoms with Crippen LogP contribution in [0.25, 0.3) is 10.2 Å². The van der Waals surface area contributed by atoms with Gasteiger partial charge in [0, 0.05) is 26.2 Å². The highest BCUT2D eigenvalue weighted by Crippen LogP contribution is 2.36. The maximum atomic E-state index is 12.9. The summed E-state index contributed by atoms with van der Waals surface area (Å²) in [6.07, 6.45) is 0. The molecule has 28 heavy (non-hydrogen) atoms. The number of rotatable bonds is 4. The number of hydrogen-bond donors (Lipinski definition) is 0. The van der Waals surface area contributed by atoms with Gasteiger partial charge < -0.3 is 9.64 Å². The largest absolute Gasteiger partial charge is 0.494 e. The summed E-state index contributed by atoms with van der Waals surface area (Å²) in [6, 6.07) is 11.0. The van der Waals surface area contributed by atoms with Crippen molar-refractivity contribution in [3.8, 4) is 5.75 Å². The molecule has 1 fully saturated rings. The fourth-order valence-electron chi connectivity index (χ4n) is 3.38. The molecule has 1 aliphatic rings. The number of methoxy groups -OCH3 is 1. The lowest BCUT2D eigenvalue weighted by Crippen LogP contribution is -2.48. The zero-order valence-corrected chi connectivity index (χ0v) is 17.8. The molecule has 0 unspecified atom stereocenters. The third-order valence-corrected chi connectivity index (χ3v) is 8.24. The number of sulfonamides is 1. The zero-order chi connectivity index (χ0) is 19.9. The molecule has 1 saturated heterocycles. The summed E-state index contributed by atoms with van der Waals surface area (Å²) >= 11 is 1.63. The Balaban J connectivity index is 1.54. The predicted molar refractivity (Wildman–Crippen MR) is 113 cm³/mol. The van der Waals surface area contributed by atoms with Gasteiger partial charge in [0.2, 0.25) is 10.0 Å². The minimum atomic E-state index is -3.46. The third-order valence-electron chi connectivity index (χ3n) is 5.08. The Hall–Kier alpha value is -2.16. The van der Waals surface area contributed by atoms with Gasteiger partial charge in [-0.2, -0.15) is 4.31 Å². The maximum absolute atomic E-state index is 12.9. The molecule has 2 aromatic carbocycles. The smallest absolute Gasteiger partial charge is 0.243 e. The lowest BCUT2D eigenvalue weighted by molar-refractivity contribution is 0.384.